The molecule has 2 aliphatic rings. The lowest BCUT2D eigenvalue weighted by Crippen LogP contribution is -2.57. The number of likely N-dealkylation sites (tertiary alicyclic amines) is 1. The molecule has 0 bridgehead atoms. The zero-order valence-corrected chi connectivity index (χ0v) is 26.0. The number of methoxy groups -OCH3 is 1. The predicted molar refractivity (Wildman–Crippen MR) is 161 cm³/mol. The van der Waals surface area contributed by atoms with Crippen molar-refractivity contribution in [1.82, 2.24) is 20.2 Å². The zero-order valence-electron chi connectivity index (χ0n) is 26.0. The van der Waals surface area contributed by atoms with Gasteiger partial charge in [-0.2, -0.15) is 8.78 Å². The molecule has 2 amide bonds. The Morgan fingerprint density at radius 1 is 1.11 bits per heavy atom. The van der Waals surface area contributed by atoms with Crippen LogP contribution in [0.15, 0.2) is 49.6 Å². The predicted octanol–water partition coefficient (Wildman–Crippen LogP) is 4.69. The van der Waals surface area contributed by atoms with Gasteiger partial charge in [-0.25, -0.2) is 19.6 Å². The molecule has 45 heavy (non-hydrogen) atoms. The van der Waals surface area contributed by atoms with Crippen LogP contribution in [0.5, 0.6) is 5.88 Å². The average Bonchev–Trinajstić information content (AvgIpc) is 3.63. The van der Waals surface area contributed by atoms with Crippen molar-refractivity contribution in [3.8, 4) is 5.88 Å². The maximum atomic E-state index is 14.9. The van der Waals surface area contributed by atoms with E-state index < -0.39 is 65.2 Å². The van der Waals surface area contributed by atoms with E-state index in [4.69, 9.17) is 18.9 Å². The lowest BCUT2D eigenvalue weighted by molar-refractivity contribution is -0.152. The van der Waals surface area contributed by atoms with E-state index in [1.807, 2.05) is 0 Å². The number of esters is 1. The minimum atomic E-state index is -3.57. The van der Waals surface area contributed by atoms with E-state index in [0.29, 0.717) is 24.6 Å². The van der Waals surface area contributed by atoms with Gasteiger partial charge < -0.3 is 29.2 Å². The number of nitrogens with zero attached hydrogens (tertiary/aromatic N) is 3. The summed E-state index contributed by atoms with van der Waals surface area (Å²) in [6, 6.07) is 4.24. The molecule has 2 fully saturated rings. The van der Waals surface area contributed by atoms with E-state index in [0.717, 1.165) is 12.8 Å². The van der Waals surface area contributed by atoms with Gasteiger partial charge in [0, 0.05) is 6.42 Å². The van der Waals surface area contributed by atoms with Gasteiger partial charge >= 0.3 is 18.0 Å². The van der Waals surface area contributed by atoms with Crippen molar-refractivity contribution in [2.24, 2.45) is 5.41 Å². The molecule has 13 heteroatoms. The SMILES string of the molecule is C=CCO[C@@H]1CCCC1OC(=O)N[C@H](C(=O)N1C[C@H](Oc2nc3ccccc3nc2C(F)(F)C=C)C[C@H]1C(=O)OC)C(C)(C)C. The van der Waals surface area contributed by atoms with Crippen LogP contribution in [0, 0.1) is 5.41 Å². The number of para-hydroxylation sites is 2. The highest BCUT2D eigenvalue weighted by Gasteiger charge is 2.47. The molecule has 1 aliphatic heterocycles. The van der Waals surface area contributed by atoms with Gasteiger partial charge in [0.05, 0.1) is 37.4 Å². The number of aromatic nitrogens is 2. The molecule has 1 aromatic heterocycles. The van der Waals surface area contributed by atoms with Crippen LogP contribution in [-0.4, -0.2) is 83.5 Å². The number of benzene rings is 1. The molecule has 2 heterocycles. The number of hydrogen-bond acceptors (Lipinski definition) is 9. The van der Waals surface area contributed by atoms with Crippen molar-refractivity contribution < 1.29 is 42.1 Å². The Kier molecular flexibility index (Phi) is 10.4. The van der Waals surface area contributed by atoms with Gasteiger partial charge in [-0.05, 0) is 42.9 Å². The molecular formula is C32H40F2N4O7. The largest absolute Gasteiger partial charge is 0.471 e. The Labute approximate surface area is 260 Å². The summed E-state index contributed by atoms with van der Waals surface area (Å²) in [6.45, 7) is 12.3. The van der Waals surface area contributed by atoms with Crippen molar-refractivity contribution in [1.29, 1.82) is 0 Å². The zero-order chi connectivity index (χ0) is 32.9. The standard InChI is InChI=1S/C32H40F2N4O7/c1-7-16-43-23-14-11-15-24(23)45-30(41)37-26(31(3,4)5)28(39)38-18-19(17-22(38)29(40)42-6)44-27-25(32(33,34)8-2)35-20-12-9-10-13-21(20)36-27/h7-10,12-13,19,22-24,26H,1-2,11,14-18H2,3-6H3,(H,37,41)/t19-,22+,23-,24?,26-/m1/s1. The number of halogens is 2. The number of alkyl carbamates (subject to hydrolysis) is 1. The Hall–Kier alpha value is -4.13. The third kappa shape index (κ3) is 7.75. The molecule has 0 spiro atoms. The van der Waals surface area contributed by atoms with Crippen LogP contribution in [0.25, 0.3) is 11.0 Å². The topological polar surface area (TPSA) is 129 Å². The van der Waals surface area contributed by atoms with Gasteiger partial charge in [0.1, 0.15) is 24.3 Å². The minimum absolute atomic E-state index is 0.0717. The Morgan fingerprint density at radius 2 is 1.78 bits per heavy atom. The van der Waals surface area contributed by atoms with E-state index in [9.17, 15) is 23.2 Å². The van der Waals surface area contributed by atoms with Crippen molar-refractivity contribution in [2.75, 3.05) is 20.3 Å². The molecule has 1 N–H and O–H groups in total. The highest BCUT2D eigenvalue weighted by molar-refractivity contribution is 5.91. The molecule has 1 saturated heterocycles. The normalized spacial score (nSPS) is 22.5. The Bertz CT molecular complexity index is 1430. The smallest absolute Gasteiger partial charge is 0.408 e. The fourth-order valence-electron chi connectivity index (χ4n) is 5.54. The summed E-state index contributed by atoms with van der Waals surface area (Å²) in [4.78, 5) is 49.5. The lowest BCUT2D eigenvalue weighted by Gasteiger charge is -2.35. The molecule has 1 aliphatic carbocycles. The van der Waals surface area contributed by atoms with Gasteiger partial charge in [-0.15, -0.1) is 6.58 Å². The third-order valence-electron chi connectivity index (χ3n) is 7.86. The van der Waals surface area contributed by atoms with Gasteiger partial charge in [0.25, 0.3) is 0 Å². The van der Waals surface area contributed by atoms with Crippen LogP contribution in [0.2, 0.25) is 0 Å². The van der Waals surface area contributed by atoms with E-state index in [2.05, 4.69) is 28.4 Å². The first kappa shape index (κ1) is 33.8. The third-order valence-corrected chi connectivity index (χ3v) is 7.86. The average molecular weight is 631 g/mol. The van der Waals surface area contributed by atoms with Crippen LogP contribution >= 0.6 is 0 Å². The summed E-state index contributed by atoms with van der Waals surface area (Å²) in [7, 11) is 1.18. The van der Waals surface area contributed by atoms with Crippen molar-refractivity contribution in [3.63, 3.8) is 0 Å². The summed E-state index contributed by atoms with van der Waals surface area (Å²) < 4.78 is 52.1. The second-order valence-corrected chi connectivity index (χ2v) is 12.2. The lowest BCUT2D eigenvalue weighted by atomic mass is 9.85. The number of rotatable bonds is 11. The number of hydrogen-bond donors (Lipinski definition) is 1. The van der Waals surface area contributed by atoms with Crippen molar-refractivity contribution in [2.45, 2.75) is 82.8 Å². The number of alkyl halides is 2. The van der Waals surface area contributed by atoms with E-state index in [1.54, 1.807) is 51.1 Å². The van der Waals surface area contributed by atoms with Gasteiger partial charge in [-0.3, -0.25) is 4.79 Å². The van der Waals surface area contributed by atoms with Crippen LogP contribution in [-0.2, 0) is 29.7 Å². The summed E-state index contributed by atoms with van der Waals surface area (Å²) in [5.74, 6) is -5.33. The maximum absolute atomic E-state index is 14.9. The monoisotopic (exact) mass is 630 g/mol. The quantitative estimate of drug-likeness (QED) is 0.278. The first-order valence-electron chi connectivity index (χ1n) is 14.8. The first-order valence-corrected chi connectivity index (χ1v) is 14.8. The molecule has 11 nitrogen and oxygen atoms in total. The van der Waals surface area contributed by atoms with E-state index in [1.165, 1.54) is 12.0 Å². The highest BCUT2D eigenvalue weighted by atomic mass is 19.3. The maximum Gasteiger partial charge on any atom is 0.408 e. The molecule has 0 radical (unpaired) electrons. The van der Waals surface area contributed by atoms with Crippen LogP contribution in [0.4, 0.5) is 13.6 Å². The van der Waals surface area contributed by atoms with Crippen LogP contribution in [0.1, 0.15) is 52.1 Å². The van der Waals surface area contributed by atoms with Crippen LogP contribution in [0.3, 0.4) is 0 Å². The number of fused-ring (bicyclic) bond motifs is 1. The molecule has 1 saturated carbocycles. The molecular weight excluding hydrogens is 590 g/mol. The highest BCUT2D eigenvalue weighted by Crippen LogP contribution is 2.36. The summed E-state index contributed by atoms with van der Waals surface area (Å²) in [5.41, 5.74) is -0.997. The molecule has 1 aromatic carbocycles. The molecule has 2 aromatic rings. The van der Waals surface area contributed by atoms with Gasteiger partial charge in [0.15, 0.2) is 5.69 Å². The number of ether oxygens (including phenoxy) is 4. The van der Waals surface area contributed by atoms with Crippen LogP contribution < -0.4 is 10.1 Å². The summed E-state index contributed by atoms with van der Waals surface area (Å²) in [5, 5.41) is 2.68. The Morgan fingerprint density at radius 3 is 2.40 bits per heavy atom. The van der Waals surface area contributed by atoms with E-state index in [-0.39, 0.29) is 24.6 Å². The van der Waals surface area contributed by atoms with Crippen molar-refractivity contribution >= 4 is 29.0 Å². The second kappa shape index (κ2) is 13.9. The molecule has 1 unspecified atom stereocenters. The number of amides is 2. The fraction of sp³-hybridized carbons (Fsp3) is 0.531. The van der Waals surface area contributed by atoms with Gasteiger partial charge in [-0.1, -0.05) is 45.6 Å². The minimum Gasteiger partial charge on any atom is -0.471 e. The summed E-state index contributed by atoms with van der Waals surface area (Å²) >= 11 is 0. The number of carbonyl (C=O) groups excluding carboxylic acids is 3. The number of nitrogens with one attached hydrogen (secondary N) is 1. The number of carbonyl (C=O) groups is 3. The van der Waals surface area contributed by atoms with E-state index >= 15 is 0 Å². The second-order valence-electron chi connectivity index (χ2n) is 12.2. The molecule has 4 rings (SSSR count). The molecule has 244 valence electrons. The Balaban J connectivity index is 1.56. The molecule has 5 atom stereocenters. The van der Waals surface area contributed by atoms with Crippen molar-refractivity contribution in [3.05, 3.63) is 55.3 Å². The van der Waals surface area contributed by atoms with Gasteiger partial charge in [0.2, 0.25) is 11.8 Å². The summed E-state index contributed by atoms with van der Waals surface area (Å²) in [6.07, 6.45) is 1.65. The fourth-order valence-corrected chi connectivity index (χ4v) is 5.54. The number of allylic oxidation sites excluding steroid dienone is 1. The first-order chi connectivity index (χ1) is 21.3.